The maximum atomic E-state index is 5.59. The Morgan fingerprint density at radius 3 is 3.31 bits per heavy atom. The molecule has 3 nitrogen and oxygen atoms in total. The average Bonchev–Trinajstić information content (AvgIpc) is 2.50. The van der Waals surface area contributed by atoms with Crippen LogP contribution in [0.25, 0.3) is 0 Å². The standard InChI is InChI=1S/C10H17N3/c1-13-7-12-10-8(5-6-11)3-2-4-9(10)13/h7-8H,2-6,11H2,1H3. The number of fused-ring (bicyclic) bond motifs is 1. The highest BCUT2D eigenvalue weighted by Gasteiger charge is 2.22. The Kier molecular flexibility index (Phi) is 2.36. The number of nitrogens with two attached hydrogens (primary N) is 1. The Labute approximate surface area is 79.0 Å². The number of imidazole rings is 1. The van der Waals surface area contributed by atoms with Crippen molar-refractivity contribution in [2.45, 2.75) is 31.6 Å². The van der Waals surface area contributed by atoms with Crippen LogP contribution in [0.4, 0.5) is 0 Å². The van der Waals surface area contributed by atoms with Gasteiger partial charge < -0.3 is 10.3 Å². The van der Waals surface area contributed by atoms with Crippen LogP contribution >= 0.6 is 0 Å². The number of hydrogen-bond acceptors (Lipinski definition) is 2. The predicted molar refractivity (Wildman–Crippen MR) is 52.6 cm³/mol. The molecule has 0 aromatic carbocycles. The van der Waals surface area contributed by atoms with Gasteiger partial charge in [-0.2, -0.15) is 0 Å². The van der Waals surface area contributed by atoms with Crippen molar-refractivity contribution in [2.24, 2.45) is 12.8 Å². The lowest BCUT2D eigenvalue weighted by atomic mass is 9.87. The highest BCUT2D eigenvalue weighted by Crippen LogP contribution is 2.31. The summed E-state index contributed by atoms with van der Waals surface area (Å²) in [6.07, 6.45) is 6.76. The van der Waals surface area contributed by atoms with Gasteiger partial charge in [0.05, 0.1) is 12.0 Å². The molecule has 0 saturated carbocycles. The van der Waals surface area contributed by atoms with E-state index in [-0.39, 0.29) is 0 Å². The van der Waals surface area contributed by atoms with Gasteiger partial charge in [-0.25, -0.2) is 4.98 Å². The second kappa shape index (κ2) is 3.50. The van der Waals surface area contributed by atoms with Crippen molar-refractivity contribution in [3.05, 3.63) is 17.7 Å². The Balaban J connectivity index is 2.27. The van der Waals surface area contributed by atoms with Gasteiger partial charge in [-0.05, 0) is 32.2 Å². The summed E-state index contributed by atoms with van der Waals surface area (Å²) < 4.78 is 2.15. The van der Waals surface area contributed by atoms with Gasteiger partial charge in [0, 0.05) is 18.7 Å². The van der Waals surface area contributed by atoms with E-state index in [1.165, 1.54) is 30.7 Å². The molecule has 1 aromatic rings. The van der Waals surface area contributed by atoms with E-state index >= 15 is 0 Å². The Morgan fingerprint density at radius 2 is 2.54 bits per heavy atom. The van der Waals surface area contributed by atoms with Crippen molar-refractivity contribution >= 4 is 0 Å². The van der Waals surface area contributed by atoms with Gasteiger partial charge in [0.25, 0.3) is 0 Å². The zero-order valence-corrected chi connectivity index (χ0v) is 8.16. The molecule has 1 atom stereocenters. The SMILES string of the molecule is Cn1cnc2c1CCCC2CCN. The monoisotopic (exact) mass is 179 g/mol. The second-order valence-corrected chi connectivity index (χ2v) is 3.85. The first kappa shape index (κ1) is 8.75. The van der Waals surface area contributed by atoms with E-state index in [9.17, 15) is 0 Å². The third-order valence-electron chi connectivity index (χ3n) is 2.96. The van der Waals surface area contributed by atoms with Gasteiger partial charge in [-0.1, -0.05) is 0 Å². The van der Waals surface area contributed by atoms with E-state index in [1.54, 1.807) is 0 Å². The minimum atomic E-state index is 0.620. The molecule has 1 aliphatic carbocycles. The average molecular weight is 179 g/mol. The molecule has 2 rings (SSSR count). The van der Waals surface area contributed by atoms with Crippen molar-refractivity contribution in [1.29, 1.82) is 0 Å². The molecule has 1 aliphatic rings. The summed E-state index contributed by atoms with van der Waals surface area (Å²) in [7, 11) is 2.08. The lowest BCUT2D eigenvalue weighted by molar-refractivity contribution is 0.507. The van der Waals surface area contributed by atoms with Crippen LogP contribution in [0, 0.1) is 0 Å². The van der Waals surface area contributed by atoms with E-state index in [0.717, 1.165) is 13.0 Å². The molecule has 72 valence electrons. The van der Waals surface area contributed by atoms with Gasteiger partial charge in [-0.15, -0.1) is 0 Å². The van der Waals surface area contributed by atoms with Gasteiger partial charge >= 0.3 is 0 Å². The van der Waals surface area contributed by atoms with Crippen molar-refractivity contribution in [1.82, 2.24) is 9.55 Å². The maximum absolute atomic E-state index is 5.59. The van der Waals surface area contributed by atoms with Crippen molar-refractivity contribution in [2.75, 3.05) is 6.54 Å². The van der Waals surface area contributed by atoms with E-state index in [4.69, 9.17) is 5.73 Å². The largest absolute Gasteiger partial charge is 0.337 e. The fraction of sp³-hybridized carbons (Fsp3) is 0.700. The molecule has 1 unspecified atom stereocenters. The molecular formula is C10H17N3. The number of aromatic nitrogens is 2. The first-order valence-electron chi connectivity index (χ1n) is 5.03. The van der Waals surface area contributed by atoms with Gasteiger partial charge in [-0.3, -0.25) is 0 Å². The zero-order valence-electron chi connectivity index (χ0n) is 8.16. The molecule has 3 heteroatoms. The van der Waals surface area contributed by atoms with E-state index in [1.807, 2.05) is 6.33 Å². The van der Waals surface area contributed by atoms with E-state index < -0.39 is 0 Å². The first-order valence-corrected chi connectivity index (χ1v) is 5.03. The summed E-state index contributed by atoms with van der Waals surface area (Å²) in [5.74, 6) is 0.620. The van der Waals surface area contributed by atoms with Crippen LogP contribution in [-0.2, 0) is 13.5 Å². The highest BCUT2D eigenvalue weighted by molar-refractivity contribution is 5.20. The van der Waals surface area contributed by atoms with Crippen molar-refractivity contribution in [3.63, 3.8) is 0 Å². The van der Waals surface area contributed by atoms with Gasteiger partial charge in [0.1, 0.15) is 0 Å². The zero-order chi connectivity index (χ0) is 9.26. The van der Waals surface area contributed by atoms with Crippen LogP contribution in [0.1, 0.15) is 36.6 Å². The van der Waals surface area contributed by atoms with Gasteiger partial charge in [0.2, 0.25) is 0 Å². The molecule has 0 aliphatic heterocycles. The lowest BCUT2D eigenvalue weighted by Gasteiger charge is -2.21. The summed E-state index contributed by atoms with van der Waals surface area (Å²) in [5.41, 5.74) is 8.31. The molecular weight excluding hydrogens is 162 g/mol. The summed E-state index contributed by atoms with van der Waals surface area (Å²) >= 11 is 0. The lowest BCUT2D eigenvalue weighted by Crippen LogP contribution is -2.15. The molecule has 1 aromatic heterocycles. The van der Waals surface area contributed by atoms with Crippen LogP contribution in [-0.4, -0.2) is 16.1 Å². The van der Waals surface area contributed by atoms with Crippen LogP contribution < -0.4 is 5.73 Å². The van der Waals surface area contributed by atoms with Gasteiger partial charge in [0.15, 0.2) is 0 Å². The summed E-state index contributed by atoms with van der Waals surface area (Å²) in [6, 6.07) is 0. The summed E-state index contributed by atoms with van der Waals surface area (Å²) in [4.78, 5) is 4.46. The topological polar surface area (TPSA) is 43.8 Å². The highest BCUT2D eigenvalue weighted by atomic mass is 15.0. The van der Waals surface area contributed by atoms with Crippen LogP contribution in [0.2, 0.25) is 0 Å². The third-order valence-corrected chi connectivity index (χ3v) is 2.96. The Morgan fingerprint density at radius 1 is 1.69 bits per heavy atom. The van der Waals surface area contributed by atoms with E-state index in [0.29, 0.717) is 5.92 Å². The molecule has 0 amide bonds. The number of rotatable bonds is 2. The van der Waals surface area contributed by atoms with Crippen molar-refractivity contribution < 1.29 is 0 Å². The summed E-state index contributed by atoms with van der Waals surface area (Å²) in [6.45, 7) is 0.778. The normalized spacial score (nSPS) is 21.5. The summed E-state index contributed by atoms with van der Waals surface area (Å²) in [5, 5.41) is 0. The number of aryl methyl sites for hydroxylation is 1. The quantitative estimate of drug-likeness (QED) is 0.741. The van der Waals surface area contributed by atoms with Crippen molar-refractivity contribution in [3.8, 4) is 0 Å². The second-order valence-electron chi connectivity index (χ2n) is 3.85. The molecule has 0 spiro atoms. The molecule has 0 saturated heterocycles. The smallest absolute Gasteiger partial charge is 0.0949 e. The molecule has 2 N–H and O–H groups in total. The molecule has 0 radical (unpaired) electrons. The van der Waals surface area contributed by atoms with Crippen LogP contribution in [0.15, 0.2) is 6.33 Å². The van der Waals surface area contributed by atoms with Crippen LogP contribution in [0.3, 0.4) is 0 Å². The number of hydrogen-bond donors (Lipinski definition) is 1. The van der Waals surface area contributed by atoms with E-state index in [2.05, 4.69) is 16.6 Å². The molecule has 0 bridgehead atoms. The molecule has 0 fully saturated rings. The first-order chi connectivity index (χ1) is 6.33. The Bertz CT molecular complexity index is 290. The minimum absolute atomic E-state index is 0.620. The van der Waals surface area contributed by atoms with Crippen LogP contribution in [0.5, 0.6) is 0 Å². The maximum Gasteiger partial charge on any atom is 0.0949 e. The minimum Gasteiger partial charge on any atom is -0.337 e. The molecule has 1 heterocycles. The predicted octanol–water partition coefficient (Wildman–Crippen LogP) is 1.19. The fourth-order valence-corrected chi connectivity index (χ4v) is 2.25. The fourth-order valence-electron chi connectivity index (χ4n) is 2.25. The molecule has 13 heavy (non-hydrogen) atoms. The number of nitrogens with zero attached hydrogens (tertiary/aromatic N) is 2. The Hall–Kier alpha value is -0.830. The third kappa shape index (κ3) is 1.48.